The molecule has 2 aromatic heterocycles. The first kappa shape index (κ1) is 18.2. The van der Waals surface area contributed by atoms with Gasteiger partial charge in [-0.2, -0.15) is 9.36 Å². The Hall–Kier alpha value is -2.88. The first-order valence-electron chi connectivity index (χ1n) is 9.59. The average Bonchev–Trinajstić information content (AvgIpc) is 3.30. The van der Waals surface area contributed by atoms with Gasteiger partial charge in [0.2, 0.25) is 5.95 Å². The van der Waals surface area contributed by atoms with Crippen molar-refractivity contribution >= 4 is 23.4 Å². The van der Waals surface area contributed by atoms with Crippen LogP contribution in [-0.2, 0) is 6.54 Å². The highest BCUT2D eigenvalue weighted by atomic mass is 32.1. The van der Waals surface area contributed by atoms with Crippen LogP contribution in [0.15, 0.2) is 24.3 Å². The van der Waals surface area contributed by atoms with Crippen molar-refractivity contribution in [1.82, 2.24) is 29.0 Å². The van der Waals surface area contributed by atoms with E-state index in [1.807, 2.05) is 18.5 Å². The van der Waals surface area contributed by atoms with Crippen LogP contribution in [0.4, 0.5) is 10.3 Å². The van der Waals surface area contributed by atoms with E-state index in [4.69, 9.17) is 0 Å². The van der Waals surface area contributed by atoms with E-state index in [0.717, 1.165) is 11.0 Å². The van der Waals surface area contributed by atoms with Gasteiger partial charge in [-0.05, 0) is 55.6 Å². The van der Waals surface area contributed by atoms with Crippen molar-refractivity contribution in [3.8, 4) is 10.8 Å². The van der Waals surface area contributed by atoms with Crippen molar-refractivity contribution in [3.05, 3.63) is 41.5 Å². The number of hydrogen-bond donors (Lipinski definition) is 0. The third-order valence-corrected chi connectivity index (χ3v) is 6.26. The molecule has 0 radical (unpaired) electrons. The molecule has 150 valence electrons. The minimum Gasteiger partial charge on any atom is -0.340 e. The second-order valence-corrected chi connectivity index (χ2v) is 8.21. The van der Waals surface area contributed by atoms with Gasteiger partial charge in [0.05, 0.1) is 6.04 Å². The number of amides is 1. The summed E-state index contributed by atoms with van der Waals surface area (Å²) in [4.78, 5) is 21.4. The van der Waals surface area contributed by atoms with Crippen molar-refractivity contribution in [3.63, 3.8) is 0 Å². The molecule has 1 aliphatic heterocycles. The topological polar surface area (TPSA) is 80.0 Å². The number of carbonyl (C=O) groups is 1. The SMILES string of the molecule is CC1c2nnc(-c3nc(N(C)C4CC4)ns3)n2CCN1C(=O)c1ccc(F)cc1. The normalized spacial score (nSPS) is 18.6. The summed E-state index contributed by atoms with van der Waals surface area (Å²) < 4.78 is 19.7. The van der Waals surface area contributed by atoms with Gasteiger partial charge in [-0.15, -0.1) is 10.2 Å². The summed E-state index contributed by atoms with van der Waals surface area (Å²) in [6, 6.07) is 5.91. The van der Waals surface area contributed by atoms with Gasteiger partial charge in [-0.1, -0.05) is 0 Å². The number of fused-ring (bicyclic) bond motifs is 1. The molecule has 0 bridgehead atoms. The molecule has 5 rings (SSSR count). The van der Waals surface area contributed by atoms with Gasteiger partial charge in [-0.3, -0.25) is 4.79 Å². The molecule has 1 amide bonds. The summed E-state index contributed by atoms with van der Waals surface area (Å²) in [6.07, 6.45) is 2.36. The maximum Gasteiger partial charge on any atom is 0.254 e. The molecule has 3 heterocycles. The summed E-state index contributed by atoms with van der Waals surface area (Å²) in [6.45, 7) is 3.02. The lowest BCUT2D eigenvalue weighted by atomic mass is 10.1. The molecule has 2 aliphatic rings. The number of benzene rings is 1. The van der Waals surface area contributed by atoms with Crippen molar-refractivity contribution < 1.29 is 9.18 Å². The van der Waals surface area contributed by atoms with Crippen LogP contribution in [0.2, 0.25) is 0 Å². The Morgan fingerprint density at radius 3 is 2.69 bits per heavy atom. The standard InChI is InChI=1S/C19H20FN7OS/c1-11-15-22-23-16(17-21-19(24-29-17)25(2)14-7-8-14)27(15)10-9-26(11)18(28)12-3-5-13(20)6-4-12/h3-6,11,14H,7-10H2,1-2H3. The van der Waals surface area contributed by atoms with E-state index in [0.29, 0.717) is 36.3 Å². The Morgan fingerprint density at radius 2 is 1.97 bits per heavy atom. The maximum atomic E-state index is 13.2. The monoisotopic (exact) mass is 413 g/mol. The van der Waals surface area contributed by atoms with Crippen molar-refractivity contribution in [2.24, 2.45) is 0 Å². The zero-order valence-electron chi connectivity index (χ0n) is 16.1. The molecule has 3 aromatic rings. The molecular weight excluding hydrogens is 393 g/mol. The summed E-state index contributed by atoms with van der Waals surface area (Å²) in [5.74, 6) is 1.63. The lowest BCUT2D eigenvalue weighted by molar-refractivity contribution is 0.0638. The maximum absolute atomic E-state index is 13.2. The third-order valence-electron chi connectivity index (χ3n) is 5.55. The van der Waals surface area contributed by atoms with E-state index in [9.17, 15) is 9.18 Å². The summed E-state index contributed by atoms with van der Waals surface area (Å²) >= 11 is 1.32. The van der Waals surface area contributed by atoms with E-state index < -0.39 is 0 Å². The molecule has 1 aromatic carbocycles. The van der Waals surface area contributed by atoms with Gasteiger partial charge in [-0.25, -0.2) is 4.39 Å². The van der Waals surface area contributed by atoms with Crippen LogP contribution in [0.25, 0.3) is 10.8 Å². The minimum absolute atomic E-state index is 0.141. The van der Waals surface area contributed by atoms with Crippen LogP contribution in [-0.4, -0.2) is 54.6 Å². The first-order chi connectivity index (χ1) is 14.0. The van der Waals surface area contributed by atoms with Gasteiger partial charge in [0.25, 0.3) is 5.91 Å². The summed E-state index contributed by atoms with van der Waals surface area (Å²) in [7, 11) is 2.02. The lowest BCUT2D eigenvalue weighted by Gasteiger charge is -2.33. The molecule has 10 heteroatoms. The second kappa shape index (κ2) is 6.87. The van der Waals surface area contributed by atoms with Gasteiger partial charge < -0.3 is 14.4 Å². The van der Waals surface area contributed by atoms with Crippen LogP contribution in [0.5, 0.6) is 0 Å². The van der Waals surface area contributed by atoms with Gasteiger partial charge in [0.15, 0.2) is 16.7 Å². The molecular formula is C19H20FN7OS. The van der Waals surface area contributed by atoms with Gasteiger partial charge >= 0.3 is 0 Å². The fourth-order valence-corrected chi connectivity index (χ4v) is 4.35. The van der Waals surface area contributed by atoms with Crippen LogP contribution in [0, 0.1) is 5.82 Å². The summed E-state index contributed by atoms with van der Waals surface area (Å²) in [5, 5.41) is 9.42. The van der Waals surface area contributed by atoms with E-state index in [1.165, 1.54) is 48.6 Å². The fraction of sp³-hybridized carbons (Fsp3) is 0.421. The number of rotatable bonds is 4. The molecule has 1 aliphatic carbocycles. The van der Waals surface area contributed by atoms with Crippen LogP contribution in [0.3, 0.4) is 0 Å². The Kier molecular flexibility index (Phi) is 4.30. The second-order valence-electron chi connectivity index (χ2n) is 7.46. The number of halogens is 1. The van der Waals surface area contributed by atoms with Gasteiger partial charge in [0.1, 0.15) is 5.82 Å². The smallest absolute Gasteiger partial charge is 0.254 e. The Morgan fingerprint density at radius 1 is 1.21 bits per heavy atom. The molecule has 1 unspecified atom stereocenters. The van der Waals surface area contributed by atoms with Crippen LogP contribution < -0.4 is 4.90 Å². The summed E-state index contributed by atoms with van der Waals surface area (Å²) in [5.41, 5.74) is 0.461. The molecule has 0 N–H and O–H groups in total. The molecule has 0 saturated heterocycles. The zero-order chi connectivity index (χ0) is 20.1. The van der Waals surface area contributed by atoms with Crippen LogP contribution >= 0.6 is 11.5 Å². The van der Waals surface area contributed by atoms with E-state index >= 15 is 0 Å². The zero-order valence-corrected chi connectivity index (χ0v) is 16.9. The highest BCUT2D eigenvalue weighted by Crippen LogP contribution is 2.33. The highest BCUT2D eigenvalue weighted by molar-refractivity contribution is 7.09. The highest BCUT2D eigenvalue weighted by Gasteiger charge is 2.33. The number of aromatic nitrogens is 5. The van der Waals surface area contributed by atoms with E-state index in [1.54, 1.807) is 4.90 Å². The molecule has 8 nitrogen and oxygen atoms in total. The molecule has 1 fully saturated rings. The van der Waals surface area contributed by atoms with Gasteiger partial charge in [0, 0.05) is 31.7 Å². The lowest BCUT2D eigenvalue weighted by Crippen LogP contribution is -2.41. The number of nitrogens with zero attached hydrogens (tertiary/aromatic N) is 7. The van der Waals surface area contributed by atoms with Crippen LogP contribution in [0.1, 0.15) is 42.0 Å². The molecule has 1 saturated carbocycles. The van der Waals surface area contributed by atoms with Crippen molar-refractivity contribution in [2.45, 2.75) is 38.4 Å². The predicted octanol–water partition coefficient (Wildman–Crippen LogP) is 2.75. The third kappa shape index (κ3) is 3.17. The van der Waals surface area contributed by atoms with Crippen molar-refractivity contribution in [2.75, 3.05) is 18.5 Å². The molecule has 0 spiro atoms. The number of anilines is 1. The largest absolute Gasteiger partial charge is 0.340 e. The Labute approximate surface area is 171 Å². The first-order valence-corrected chi connectivity index (χ1v) is 10.4. The van der Waals surface area contributed by atoms with E-state index in [2.05, 4.69) is 24.5 Å². The Balaban J connectivity index is 1.39. The number of hydrogen-bond acceptors (Lipinski definition) is 7. The Bertz CT molecular complexity index is 1060. The fourth-order valence-electron chi connectivity index (χ4n) is 3.65. The molecule has 29 heavy (non-hydrogen) atoms. The van der Waals surface area contributed by atoms with Crippen molar-refractivity contribution in [1.29, 1.82) is 0 Å². The minimum atomic E-state index is -0.360. The quantitative estimate of drug-likeness (QED) is 0.654. The predicted molar refractivity (Wildman–Crippen MR) is 106 cm³/mol. The molecule has 1 atom stereocenters. The number of carbonyl (C=O) groups excluding carboxylic acids is 1. The van der Waals surface area contributed by atoms with E-state index in [-0.39, 0.29) is 17.8 Å². The average molecular weight is 413 g/mol.